The largest absolute Gasteiger partial charge is 0.479 e. The van der Waals surface area contributed by atoms with E-state index in [4.69, 9.17) is 21.7 Å². The van der Waals surface area contributed by atoms with Crippen molar-refractivity contribution in [1.29, 1.82) is 0 Å². The topological polar surface area (TPSA) is 38.8 Å². The molecule has 0 unspecified atom stereocenters. The summed E-state index contributed by atoms with van der Waals surface area (Å²) < 4.78 is 11.0. The second-order valence-corrected chi connectivity index (χ2v) is 6.71. The zero-order chi connectivity index (χ0) is 13.1. The Morgan fingerprint density at radius 3 is 2.53 bits per heavy atom. The van der Waals surface area contributed by atoms with Gasteiger partial charge in [-0.2, -0.15) is 0 Å². The highest BCUT2D eigenvalue weighted by Crippen LogP contribution is 2.25. The number of amides is 1. The summed E-state index contributed by atoms with van der Waals surface area (Å²) in [5.74, 6) is 0. The van der Waals surface area contributed by atoms with Gasteiger partial charge in [-0.25, -0.2) is 4.79 Å². The first-order chi connectivity index (χ1) is 7.81. The molecule has 1 heterocycles. The van der Waals surface area contributed by atoms with Crippen molar-refractivity contribution in [3.63, 3.8) is 0 Å². The summed E-state index contributed by atoms with van der Waals surface area (Å²) in [6.07, 6.45) is -0.253. The normalized spacial score (nSPS) is 16.4. The molecule has 1 rings (SSSR count). The van der Waals surface area contributed by atoms with E-state index in [1.54, 1.807) is 4.90 Å². The fourth-order valence-corrected chi connectivity index (χ4v) is 2.77. The third-order valence-electron chi connectivity index (χ3n) is 2.02. The molecule has 6 heteroatoms. The van der Waals surface area contributed by atoms with E-state index >= 15 is 0 Å². The quantitative estimate of drug-likeness (QED) is 0.726. The van der Waals surface area contributed by atoms with Gasteiger partial charge in [0.15, 0.2) is 0 Å². The van der Waals surface area contributed by atoms with E-state index in [-0.39, 0.29) is 6.09 Å². The second-order valence-electron chi connectivity index (χ2n) is 4.81. The van der Waals surface area contributed by atoms with Crippen molar-refractivity contribution in [2.24, 2.45) is 0 Å². The van der Waals surface area contributed by atoms with Crippen LogP contribution in [0, 0.1) is 0 Å². The van der Waals surface area contributed by atoms with Crippen LogP contribution < -0.4 is 0 Å². The smallest absolute Gasteiger partial charge is 0.410 e. The Balaban J connectivity index is 2.23. The van der Waals surface area contributed by atoms with Gasteiger partial charge >= 0.3 is 6.09 Å². The maximum absolute atomic E-state index is 11.6. The third-order valence-corrected chi connectivity index (χ3v) is 3.37. The number of carbonyl (C=O) groups excluding carboxylic acids is 1. The van der Waals surface area contributed by atoms with Gasteiger partial charge in [0, 0.05) is 18.3 Å². The molecular weight excluding hydrogens is 258 g/mol. The lowest BCUT2D eigenvalue weighted by Gasteiger charge is -2.39. The van der Waals surface area contributed by atoms with Crippen LogP contribution in [-0.2, 0) is 9.47 Å². The molecule has 98 valence electrons. The Morgan fingerprint density at radius 2 is 2.06 bits per heavy atom. The van der Waals surface area contributed by atoms with Crippen molar-refractivity contribution in [3.05, 3.63) is 0 Å². The molecule has 1 saturated heterocycles. The number of nitrogens with zero attached hydrogens (tertiary/aromatic N) is 1. The molecule has 0 saturated carbocycles. The van der Waals surface area contributed by atoms with Gasteiger partial charge in [0.2, 0.25) is 4.38 Å². The molecule has 0 atom stereocenters. The van der Waals surface area contributed by atoms with E-state index in [1.165, 1.54) is 11.8 Å². The Hall–Kier alpha value is -0.490. The molecule has 0 aromatic rings. The molecule has 1 fully saturated rings. The van der Waals surface area contributed by atoms with Crippen LogP contribution in [0.15, 0.2) is 0 Å². The summed E-state index contributed by atoms with van der Waals surface area (Å²) >= 11 is 6.54. The standard InChI is InChI=1S/C11H19NO3S2/c1-5-14-10(16)17-8-6-12(7-8)9(13)15-11(2,3)4/h8H,5-7H2,1-4H3. The van der Waals surface area contributed by atoms with Crippen LogP contribution in [0.3, 0.4) is 0 Å². The number of likely N-dealkylation sites (tertiary alicyclic amines) is 1. The fraction of sp³-hybridized carbons (Fsp3) is 0.818. The molecule has 0 radical (unpaired) electrons. The molecule has 1 aliphatic heterocycles. The average Bonchev–Trinajstić information content (AvgIpc) is 2.07. The molecule has 1 aliphatic rings. The van der Waals surface area contributed by atoms with E-state index in [0.717, 1.165) is 0 Å². The fourth-order valence-electron chi connectivity index (χ4n) is 1.28. The Morgan fingerprint density at radius 1 is 1.47 bits per heavy atom. The minimum atomic E-state index is -0.435. The lowest BCUT2D eigenvalue weighted by atomic mass is 10.2. The second kappa shape index (κ2) is 5.91. The molecule has 17 heavy (non-hydrogen) atoms. The molecule has 0 spiro atoms. The SMILES string of the molecule is CCOC(=S)SC1CN(C(=O)OC(C)(C)C)C1. The number of hydrogen-bond acceptors (Lipinski definition) is 5. The van der Waals surface area contributed by atoms with Crippen molar-refractivity contribution in [2.45, 2.75) is 38.5 Å². The van der Waals surface area contributed by atoms with Gasteiger partial charge < -0.3 is 14.4 Å². The summed E-state index contributed by atoms with van der Waals surface area (Å²) in [5.41, 5.74) is -0.435. The number of thioether (sulfide) groups is 1. The minimum absolute atomic E-state index is 0.253. The van der Waals surface area contributed by atoms with Gasteiger partial charge in [-0.1, -0.05) is 11.8 Å². The first-order valence-electron chi connectivity index (χ1n) is 5.63. The zero-order valence-electron chi connectivity index (χ0n) is 10.7. The molecule has 0 aliphatic carbocycles. The molecule has 0 N–H and O–H groups in total. The van der Waals surface area contributed by atoms with Crippen molar-refractivity contribution in [2.75, 3.05) is 19.7 Å². The van der Waals surface area contributed by atoms with Crippen LogP contribution in [0.2, 0.25) is 0 Å². The number of carbonyl (C=O) groups is 1. The van der Waals surface area contributed by atoms with Crippen LogP contribution in [0.1, 0.15) is 27.7 Å². The van der Waals surface area contributed by atoms with E-state index in [9.17, 15) is 4.79 Å². The van der Waals surface area contributed by atoms with Gasteiger partial charge in [0.25, 0.3) is 0 Å². The van der Waals surface area contributed by atoms with Gasteiger partial charge in [-0.3, -0.25) is 0 Å². The molecule has 0 bridgehead atoms. The van der Waals surface area contributed by atoms with E-state index in [2.05, 4.69) is 0 Å². The molecule has 1 amide bonds. The molecule has 0 aromatic carbocycles. The number of ether oxygens (including phenoxy) is 2. The average molecular weight is 277 g/mol. The van der Waals surface area contributed by atoms with Crippen LogP contribution in [0.4, 0.5) is 4.79 Å². The lowest BCUT2D eigenvalue weighted by Crippen LogP contribution is -2.53. The molecular formula is C11H19NO3S2. The van der Waals surface area contributed by atoms with Crippen LogP contribution >= 0.6 is 24.0 Å². The molecule has 0 aromatic heterocycles. The van der Waals surface area contributed by atoms with Gasteiger partial charge in [-0.15, -0.1) is 0 Å². The van der Waals surface area contributed by atoms with E-state index in [0.29, 0.717) is 29.3 Å². The molecule has 4 nitrogen and oxygen atoms in total. The highest BCUT2D eigenvalue weighted by atomic mass is 32.2. The van der Waals surface area contributed by atoms with Crippen LogP contribution in [-0.4, -0.2) is 45.9 Å². The van der Waals surface area contributed by atoms with Crippen molar-refractivity contribution >= 4 is 34.5 Å². The van der Waals surface area contributed by atoms with Crippen molar-refractivity contribution in [1.82, 2.24) is 4.90 Å². The predicted octanol–water partition coefficient (Wildman–Crippen LogP) is 2.66. The predicted molar refractivity (Wildman–Crippen MR) is 73.4 cm³/mol. The van der Waals surface area contributed by atoms with Crippen molar-refractivity contribution < 1.29 is 14.3 Å². The summed E-state index contributed by atoms with van der Waals surface area (Å²) in [5, 5.41) is 0.335. The maximum Gasteiger partial charge on any atom is 0.410 e. The highest BCUT2D eigenvalue weighted by Gasteiger charge is 2.34. The summed E-state index contributed by atoms with van der Waals surface area (Å²) in [6.45, 7) is 9.43. The van der Waals surface area contributed by atoms with Crippen LogP contribution in [0.25, 0.3) is 0 Å². The highest BCUT2D eigenvalue weighted by molar-refractivity contribution is 8.23. The summed E-state index contributed by atoms with van der Waals surface area (Å²) in [7, 11) is 0. The number of hydrogen-bond donors (Lipinski definition) is 0. The van der Waals surface area contributed by atoms with E-state index in [1.807, 2.05) is 27.7 Å². The Kier molecular flexibility index (Phi) is 5.06. The Labute approximate surface area is 112 Å². The maximum atomic E-state index is 11.6. The minimum Gasteiger partial charge on any atom is -0.479 e. The summed E-state index contributed by atoms with van der Waals surface area (Å²) in [6, 6.07) is 0. The summed E-state index contributed by atoms with van der Waals surface area (Å²) in [4.78, 5) is 13.3. The van der Waals surface area contributed by atoms with E-state index < -0.39 is 5.60 Å². The van der Waals surface area contributed by atoms with Gasteiger partial charge in [0.05, 0.1) is 6.61 Å². The van der Waals surface area contributed by atoms with Gasteiger partial charge in [0.1, 0.15) is 5.60 Å². The zero-order valence-corrected chi connectivity index (χ0v) is 12.3. The number of rotatable bonds is 2. The Bertz CT molecular complexity index is 296. The van der Waals surface area contributed by atoms with Gasteiger partial charge in [-0.05, 0) is 39.9 Å². The first kappa shape index (κ1) is 14.6. The van der Waals surface area contributed by atoms with Crippen LogP contribution in [0.5, 0.6) is 0 Å². The first-order valence-corrected chi connectivity index (χ1v) is 6.92. The third kappa shape index (κ3) is 5.12. The van der Waals surface area contributed by atoms with Crippen molar-refractivity contribution in [3.8, 4) is 0 Å². The number of thiocarbonyl (C=S) groups is 1. The monoisotopic (exact) mass is 277 g/mol. The lowest BCUT2D eigenvalue weighted by molar-refractivity contribution is 0.0144.